The van der Waals surface area contributed by atoms with E-state index in [2.05, 4.69) is 5.16 Å². The van der Waals surface area contributed by atoms with E-state index in [9.17, 15) is 5.11 Å². The predicted octanol–water partition coefficient (Wildman–Crippen LogP) is 5.23. The molecular weight excluding hydrogens is 383 g/mol. The van der Waals surface area contributed by atoms with Gasteiger partial charge in [-0.05, 0) is 12.8 Å². The van der Waals surface area contributed by atoms with Crippen LogP contribution in [0.4, 0.5) is 0 Å². The molecule has 0 atom stereocenters. The first-order valence-electron chi connectivity index (χ1n) is 5.81. The number of ether oxygens (including phenoxy) is 1. The largest absolute Gasteiger partial charge is 0.508 e. The summed E-state index contributed by atoms with van der Waals surface area (Å²) >= 11 is 28.2. The molecule has 21 heavy (non-hydrogen) atoms. The summed E-state index contributed by atoms with van der Waals surface area (Å²) < 4.78 is 3.96. The number of phenolic OH excluding ortho intramolecular Hbond substituents is 1. The zero-order chi connectivity index (χ0) is 15.9. The number of benzene rings is 1. The highest BCUT2D eigenvalue weighted by molar-refractivity contribution is 6.67. The summed E-state index contributed by atoms with van der Waals surface area (Å²) in [6, 6.07) is 2.71. The molecule has 0 fully saturated rings. The minimum absolute atomic E-state index is 0.0180. The van der Waals surface area contributed by atoms with Crippen LogP contribution in [0.5, 0.6) is 11.5 Å². The van der Waals surface area contributed by atoms with E-state index in [0.717, 1.165) is 0 Å². The van der Waals surface area contributed by atoms with Crippen molar-refractivity contribution in [2.75, 3.05) is 13.2 Å². The SMILES string of the molecule is Oc1cc(Cl)c(OCCC/C=N/OCC(Cl)(Cl)Cl)c(Cl)c1. The summed E-state index contributed by atoms with van der Waals surface area (Å²) in [5.41, 5.74) is 0. The maximum Gasteiger partial charge on any atom is 0.226 e. The van der Waals surface area contributed by atoms with E-state index in [1.54, 1.807) is 6.21 Å². The zero-order valence-electron chi connectivity index (χ0n) is 10.7. The number of phenols is 1. The Balaban J connectivity index is 2.25. The third-order valence-corrected chi connectivity index (χ3v) is 2.97. The van der Waals surface area contributed by atoms with Gasteiger partial charge in [-0.2, -0.15) is 0 Å². The molecule has 0 spiro atoms. The molecule has 0 radical (unpaired) electrons. The number of halogens is 5. The topological polar surface area (TPSA) is 51.0 Å². The lowest BCUT2D eigenvalue weighted by Crippen LogP contribution is -2.10. The number of hydrogen-bond acceptors (Lipinski definition) is 4. The Hall–Kier alpha value is -0.260. The highest BCUT2D eigenvalue weighted by Gasteiger charge is 2.20. The van der Waals surface area contributed by atoms with Crippen molar-refractivity contribution in [3.8, 4) is 11.5 Å². The molecule has 0 heterocycles. The van der Waals surface area contributed by atoms with Crippen LogP contribution in [-0.4, -0.2) is 28.3 Å². The minimum atomic E-state index is -1.48. The average Bonchev–Trinajstić information content (AvgIpc) is 2.33. The van der Waals surface area contributed by atoms with Gasteiger partial charge in [0, 0.05) is 18.3 Å². The number of rotatable bonds is 7. The van der Waals surface area contributed by atoms with Gasteiger partial charge >= 0.3 is 0 Å². The van der Waals surface area contributed by atoms with E-state index < -0.39 is 3.79 Å². The Morgan fingerprint density at radius 1 is 1.19 bits per heavy atom. The van der Waals surface area contributed by atoms with Crippen LogP contribution in [0.3, 0.4) is 0 Å². The third kappa shape index (κ3) is 8.07. The fourth-order valence-corrected chi connectivity index (χ4v) is 1.98. The molecule has 1 aromatic carbocycles. The van der Waals surface area contributed by atoms with Crippen LogP contribution in [0.25, 0.3) is 0 Å². The zero-order valence-corrected chi connectivity index (χ0v) is 14.4. The molecule has 4 nitrogen and oxygen atoms in total. The van der Waals surface area contributed by atoms with Gasteiger partial charge in [0.1, 0.15) is 5.75 Å². The molecule has 0 amide bonds. The lowest BCUT2D eigenvalue weighted by Gasteiger charge is -2.09. The lowest BCUT2D eigenvalue weighted by molar-refractivity contribution is 0.150. The number of hydrogen-bond donors (Lipinski definition) is 1. The average molecular weight is 395 g/mol. The summed E-state index contributed by atoms with van der Waals surface area (Å²) in [5.74, 6) is 0.316. The van der Waals surface area contributed by atoms with Crippen molar-refractivity contribution in [1.29, 1.82) is 0 Å². The monoisotopic (exact) mass is 393 g/mol. The Kier molecular flexibility index (Phi) is 8.06. The summed E-state index contributed by atoms with van der Waals surface area (Å²) in [6.07, 6.45) is 2.81. The normalized spacial score (nSPS) is 11.9. The molecule has 0 aliphatic rings. The second-order valence-corrected chi connectivity index (χ2v) is 7.24. The lowest BCUT2D eigenvalue weighted by atomic mass is 10.3. The van der Waals surface area contributed by atoms with Crippen molar-refractivity contribution >= 4 is 64.2 Å². The van der Waals surface area contributed by atoms with Crippen LogP contribution in [0, 0.1) is 0 Å². The molecule has 0 saturated carbocycles. The van der Waals surface area contributed by atoms with Crippen LogP contribution in [0.2, 0.25) is 10.0 Å². The van der Waals surface area contributed by atoms with Gasteiger partial charge in [-0.15, -0.1) is 0 Å². The van der Waals surface area contributed by atoms with Crippen LogP contribution in [0.1, 0.15) is 12.8 Å². The van der Waals surface area contributed by atoms with Gasteiger partial charge in [-0.3, -0.25) is 0 Å². The Morgan fingerprint density at radius 2 is 1.81 bits per heavy atom. The summed E-state index contributed by atoms with van der Waals surface area (Å²) in [6.45, 7) is 0.254. The summed E-state index contributed by atoms with van der Waals surface area (Å²) in [4.78, 5) is 4.78. The molecule has 0 aromatic heterocycles. The van der Waals surface area contributed by atoms with Crippen molar-refractivity contribution in [2.45, 2.75) is 16.6 Å². The minimum Gasteiger partial charge on any atom is -0.508 e. The van der Waals surface area contributed by atoms with E-state index in [1.165, 1.54) is 12.1 Å². The Morgan fingerprint density at radius 3 is 2.38 bits per heavy atom. The van der Waals surface area contributed by atoms with Gasteiger partial charge in [0.25, 0.3) is 0 Å². The number of alkyl halides is 3. The predicted molar refractivity (Wildman–Crippen MR) is 87.6 cm³/mol. The van der Waals surface area contributed by atoms with Crippen molar-refractivity contribution in [3.63, 3.8) is 0 Å². The van der Waals surface area contributed by atoms with Gasteiger partial charge in [-0.25, -0.2) is 0 Å². The number of aromatic hydroxyl groups is 1. The van der Waals surface area contributed by atoms with Crippen LogP contribution >= 0.6 is 58.0 Å². The molecule has 1 aromatic rings. The van der Waals surface area contributed by atoms with Crippen LogP contribution < -0.4 is 4.74 Å². The summed E-state index contributed by atoms with van der Waals surface area (Å²) in [7, 11) is 0. The molecule has 9 heteroatoms. The van der Waals surface area contributed by atoms with Crippen molar-refractivity contribution in [3.05, 3.63) is 22.2 Å². The molecular formula is C12H12Cl5NO3. The van der Waals surface area contributed by atoms with E-state index in [1.807, 2.05) is 0 Å². The third-order valence-electron chi connectivity index (χ3n) is 2.08. The van der Waals surface area contributed by atoms with Crippen molar-refractivity contribution < 1.29 is 14.7 Å². The second-order valence-electron chi connectivity index (χ2n) is 3.91. The van der Waals surface area contributed by atoms with Gasteiger partial charge in [0.2, 0.25) is 3.79 Å². The first-order valence-corrected chi connectivity index (χ1v) is 7.70. The first kappa shape index (κ1) is 18.8. The quantitative estimate of drug-likeness (QED) is 0.298. The van der Waals surface area contributed by atoms with Gasteiger partial charge < -0.3 is 14.7 Å². The maximum absolute atomic E-state index is 9.28. The molecule has 118 valence electrons. The fourth-order valence-electron chi connectivity index (χ4n) is 1.25. The van der Waals surface area contributed by atoms with Crippen LogP contribution in [0.15, 0.2) is 17.3 Å². The molecule has 0 saturated heterocycles. The standard InChI is InChI=1S/C12H12Cl5NO3/c13-9-5-8(19)6-10(14)11(9)20-4-2-1-3-18-21-7-12(15,16)17/h3,5-6,19H,1-2,4,7H2/b18-3+. The van der Waals surface area contributed by atoms with Gasteiger partial charge in [0.05, 0.1) is 16.7 Å². The van der Waals surface area contributed by atoms with E-state index in [4.69, 9.17) is 67.6 Å². The number of unbranched alkanes of at least 4 members (excludes halogenated alkanes) is 1. The van der Waals surface area contributed by atoms with E-state index in [0.29, 0.717) is 25.2 Å². The number of nitrogens with zero attached hydrogens (tertiary/aromatic N) is 1. The first-order chi connectivity index (χ1) is 9.79. The summed E-state index contributed by atoms with van der Waals surface area (Å²) in [5, 5.41) is 13.4. The van der Waals surface area contributed by atoms with Crippen LogP contribution in [-0.2, 0) is 4.84 Å². The van der Waals surface area contributed by atoms with Gasteiger partial charge in [0.15, 0.2) is 12.4 Å². The maximum atomic E-state index is 9.28. The number of oxime groups is 1. The molecule has 0 unspecified atom stereocenters. The van der Waals surface area contributed by atoms with Crippen molar-refractivity contribution in [2.24, 2.45) is 5.16 Å². The molecule has 0 bridgehead atoms. The van der Waals surface area contributed by atoms with Crippen molar-refractivity contribution in [1.82, 2.24) is 0 Å². The Bertz CT molecular complexity index is 467. The molecule has 1 N–H and O–H groups in total. The molecule has 0 aliphatic carbocycles. The molecule has 0 aliphatic heterocycles. The second kappa shape index (κ2) is 9.01. The van der Waals surface area contributed by atoms with E-state index >= 15 is 0 Å². The smallest absolute Gasteiger partial charge is 0.226 e. The highest BCUT2D eigenvalue weighted by atomic mass is 35.6. The Labute approximate surface area is 147 Å². The highest BCUT2D eigenvalue weighted by Crippen LogP contribution is 2.36. The molecule has 1 rings (SSSR count). The van der Waals surface area contributed by atoms with Gasteiger partial charge in [-0.1, -0.05) is 63.2 Å². The fraction of sp³-hybridized carbons (Fsp3) is 0.417. The van der Waals surface area contributed by atoms with E-state index in [-0.39, 0.29) is 22.4 Å².